The highest BCUT2D eigenvalue weighted by atomic mass is 79.9. The Bertz CT molecular complexity index is 511. The maximum atomic E-state index is 12.1. The molecule has 1 unspecified atom stereocenters. The van der Waals surface area contributed by atoms with Crippen LogP contribution in [-0.2, 0) is 4.79 Å². The number of amides is 1. The summed E-state index contributed by atoms with van der Waals surface area (Å²) in [5, 5.41) is 11.7. The summed E-state index contributed by atoms with van der Waals surface area (Å²) in [5.41, 5.74) is 1.34. The summed E-state index contributed by atoms with van der Waals surface area (Å²) < 4.78 is 0.898. The van der Waals surface area contributed by atoms with E-state index in [2.05, 4.69) is 21.2 Å². The fourth-order valence-corrected chi connectivity index (χ4v) is 2.50. The molecular weight excluding hydrogens is 310 g/mol. The third-order valence-corrected chi connectivity index (χ3v) is 3.80. The summed E-state index contributed by atoms with van der Waals surface area (Å²) in [5.74, 6) is -0.833. The van der Waals surface area contributed by atoms with Gasteiger partial charge < -0.3 is 10.4 Å². The highest BCUT2D eigenvalue weighted by molar-refractivity contribution is 9.10. The molecule has 1 aromatic carbocycles. The summed E-state index contributed by atoms with van der Waals surface area (Å²) in [7, 11) is 0. The van der Waals surface area contributed by atoms with Gasteiger partial charge in [-0.15, -0.1) is 0 Å². The number of aryl methyl sites for hydroxylation is 1. The van der Waals surface area contributed by atoms with Crippen molar-refractivity contribution in [3.05, 3.63) is 33.8 Å². The number of carboxylic acid groups (broad SMARTS) is 1. The minimum atomic E-state index is -0.963. The monoisotopic (exact) mass is 325 g/mol. The number of carboxylic acids is 1. The highest BCUT2D eigenvalue weighted by Gasteiger charge is 2.30. The Labute approximate surface area is 120 Å². The van der Waals surface area contributed by atoms with E-state index in [9.17, 15) is 9.59 Å². The number of hydrogen-bond donors (Lipinski definition) is 2. The molecule has 1 aliphatic rings. The van der Waals surface area contributed by atoms with Crippen molar-refractivity contribution in [2.45, 2.75) is 32.2 Å². The Morgan fingerprint density at radius 3 is 2.68 bits per heavy atom. The van der Waals surface area contributed by atoms with E-state index in [1.54, 1.807) is 12.1 Å². The Balaban J connectivity index is 2.07. The number of nitrogens with one attached hydrogen (secondary N) is 1. The lowest BCUT2D eigenvalue weighted by atomic mass is 10.1. The molecule has 0 radical (unpaired) electrons. The minimum absolute atomic E-state index is 0.321. The molecule has 2 rings (SSSR count). The normalized spacial score (nSPS) is 15.9. The van der Waals surface area contributed by atoms with Gasteiger partial charge in [-0.05, 0) is 43.0 Å². The van der Waals surface area contributed by atoms with Gasteiger partial charge >= 0.3 is 5.97 Å². The predicted octanol–water partition coefficient (Wildman–Crippen LogP) is 2.74. The topological polar surface area (TPSA) is 66.4 Å². The molecule has 0 aromatic heterocycles. The smallest absolute Gasteiger partial charge is 0.326 e. The molecule has 5 heteroatoms. The first-order valence-corrected chi connectivity index (χ1v) is 7.06. The molecule has 4 nitrogen and oxygen atoms in total. The van der Waals surface area contributed by atoms with Crippen LogP contribution in [0.4, 0.5) is 0 Å². The zero-order valence-electron chi connectivity index (χ0n) is 10.6. The van der Waals surface area contributed by atoms with Gasteiger partial charge in [0, 0.05) is 10.0 Å². The van der Waals surface area contributed by atoms with Gasteiger partial charge in [-0.2, -0.15) is 0 Å². The number of hydrogen-bond acceptors (Lipinski definition) is 2. The highest BCUT2D eigenvalue weighted by Crippen LogP contribution is 2.33. The lowest BCUT2D eigenvalue weighted by molar-refractivity contribution is -0.139. The Morgan fingerprint density at radius 1 is 1.47 bits per heavy atom. The van der Waals surface area contributed by atoms with E-state index >= 15 is 0 Å². The predicted molar refractivity (Wildman–Crippen MR) is 75.1 cm³/mol. The van der Waals surface area contributed by atoms with Gasteiger partial charge in [-0.3, -0.25) is 4.79 Å². The molecule has 0 aliphatic heterocycles. The molecule has 19 heavy (non-hydrogen) atoms. The zero-order valence-corrected chi connectivity index (χ0v) is 12.2. The number of carbonyl (C=O) groups excluding carboxylic acids is 1. The molecule has 102 valence electrons. The van der Waals surface area contributed by atoms with Gasteiger partial charge in [0.15, 0.2) is 0 Å². The van der Waals surface area contributed by atoms with E-state index in [-0.39, 0.29) is 5.91 Å². The van der Waals surface area contributed by atoms with Gasteiger partial charge in [0.2, 0.25) is 0 Å². The first-order chi connectivity index (χ1) is 8.97. The van der Waals surface area contributed by atoms with E-state index in [4.69, 9.17) is 5.11 Å². The standard InChI is InChI=1S/C14H16BrNO3/c1-8-6-10(15)4-5-11(8)13(17)16-12(14(18)19)7-9-2-3-9/h4-6,9,12H,2-3,7H2,1H3,(H,16,17)(H,18,19). The van der Waals surface area contributed by atoms with E-state index in [1.165, 1.54) is 0 Å². The van der Waals surface area contributed by atoms with Gasteiger partial charge in [0.05, 0.1) is 0 Å². The van der Waals surface area contributed by atoms with Crippen LogP contribution in [0.2, 0.25) is 0 Å². The Kier molecular flexibility index (Phi) is 4.24. The van der Waals surface area contributed by atoms with Crippen molar-refractivity contribution in [1.82, 2.24) is 5.32 Å². The van der Waals surface area contributed by atoms with Crippen LogP contribution < -0.4 is 5.32 Å². The molecule has 1 fully saturated rings. The number of benzene rings is 1. The van der Waals surface area contributed by atoms with Crippen LogP contribution in [0.25, 0.3) is 0 Å². The second kappa shape index (κ2) is 5.74. The number of carbonyl (C=O) groups is 2. The van der Waals surface area contributed by atoms with Crippen LogP contribution >= 0.6 is 15.9 Å². The maximum Gasteiger partial charge on any atom is 0.326 e. The molecule has 2 N–H and O–H groups in total. The van der Waals surface area contributed by atoms with Crippen molar-refractivity contribution in [2.24, 2.45) is 5.92 Å². The Hall–Kier alpha value is -1.36. The molecule has 0 saturated heterocycles. The molecular formula is C14H16BrNO3. The van der Waals surface area contributed by atoms with Gasteiger partial charge in [0.1, 0.15) is 6.04 Å². The van der Waals surface area contributed by atoms with Crippen molar-refractivity contribution >= 4 is 27.8 Å². The fraction of sp³-hybridized carbons (Fsp3) is 0.429. The van der Waals surface area contributed by atoms with Gasteiger partial charge in [-0.25, -0.2) is 4.79 Å². The molecule has 0 heterocycles. The summed E-state index contributed by atoms with van der Waals surface area (Å²) in [6, 6.07) is 4.53. The molecule has 1 atom stereocenters. The molecule has 1 amide bonds. The van der Waals surface area contributed by atoms with Crippen LogP contribution in [0.3, 0.4) is 0 Å². The quantitative estimate of drug-likeness (QED) is 0.874. The van der Waals surface area contributed by atoms with Gasteiger partial charge in [-0.1, -0.05) is 28.8 Å². The zero-order chi connectivity index (χ0) is 14.0. The van der Waals surface area contributed by atoms with Crippen LogP contribution in [0, 0.1) is 12.8 Å². The van der Waals surface area contributed by atoms with Crippen LogP contribution in [0.1, 0.15) is 35.2 Å². The summed E-state index contributed by atoms with van der Waals surface area (Å²) in [4.78, 5) is 23.3. The lowest BCUT2D eigenvalue weighted by Crippen LogP contribution is -2.41. The average molecular weight is 326 g/mol. The molecule has 0 bridgehead atoms. The number of rotatable bonds is 5. The van der Waals surface area contributed by atoms with Gasteiger partial charge in [0.25, 0.3) is 5.91 Å². The van der Waals surface area contributed by atoms with Crippen molar-refractivity contribution in [3.8, 4) is 0 Å². The van der Waals surface area contributed by atoms with Crippen LogP contribution in [0.5, 0.6) is 0 Å². The molecule has 1 saturated carbocycles. The van der Waals surface area contributed by atoms with E-state index < -0.39 is 12.0 Å². The van der Waals surface area contributed by atoms with E-state index in [0.717, 1.165) is 22.9 Å². The molecule has 1 aromatic rings. The van der Waals surface area contributed by atoms with Crippen LogP contribution in [0.15, 0.2) is 22.7 Å². The molecule has 1 aliphatic carbocycles. The van der Waals surface area contributed by atoms with Crippen molar-refractivity contribution in [3.63, 3.8) is 0 Å². The van der Waals surface area contributed by atoms with Crippen molar-refractivity contribution in [1.29, 1.82) is 0 Å². The third kappa shape index (κ3) is 3.80. The minimum Gasteiger partial charge on any atom is -0.480 e. The first-order valence-electron chi connectivity index (χ1n) is 6.27. The second-order valence-electron chi connectivity index (χ2n) is 5.00. The number of halogens is 1. The second-order valence-corrected chi connectivity index (χ2v) is 5.92. The van der Waals surface area contributed by atoms with E-state index in [1.807, 2.05) is 13.0 Å². The largest absolute Gasteiger partial charge is 0.480 e. The third-order valence-electron chi connectivity index (χ3n) is 3.30. The lowest BCUT2D eigenvalue weighted by Gasteiger charge is -2.15. The van der Waals surface area contributed by atoms with Crippen LogP contribution in [-0.4, -0.2) is 23.0 Å². The Morgan fingerprint density at radius 2 is 2.16 bits per heavy atom. The van der Waals surface area contributed by atoms with E-state index in [0.29, 0.717) is 17.9 Å². The first kappa shape index (κ1) is 14.1. The summed E-state index contributed by atoms with van der Waals surface area (Å²) >= 11 is 3.33. The maximum absolute atomic E-state index is 12.1. The molecule has 0 spiro atoms. The number of aliphatic carboxylic acids is 1. The average Bonchev–Trinajstić information content (AvgIpc) is 3.11. The SMILES string of the molecule is Cc1cc(Br)ccc1C(=O)NC(CC1CC1)C(=O)O. The summed E-state index contributed by atoms with van der Waals surface area (Å²) in [6.07, 6.45) is 2.66. The van der Waals surface area contributed by atoms with Crippen molar-refractivity contribution < 1.29 is 14.7 Å². The fourth-order valence-electron chi connectivity index (χ4n) is 2.03. The summed E-state index contributed by atoms with van der Waals surface area (Å²) in [6.45, 7) is 1.83. The van der Waals surface area contributed by atoms with Crippen molar-refractivity contribution in [2.75, 3.05) is 0 Å².